The lowest BCUT2D eigenvalue weighted by Crippen LogP contribution is -2.16. The lowest BCUT2D eigenvalue weighted by atomic mass is 10.2. The molecule has 0 bridgehead atoms. The number of amides is 1. The predicted octanol–water partition coefficient (Wildman–Crippen LogP) is 3.07. The number of aromatic nitrogens is 1. The van der Waals surface area contributed by atoms with Crippen LogP contribution in [-0.2, 0) is 6.61 Å². The molecule has 1 aromatic carbocycles. The number of hydrogen-bond donors (Lipinski definition) is 1. The maximum Gasteiger partial charge on any atom is 0.250 e. The van der Waals surface area contributed by atoms with E-state index in [9.17, 15) is 4.79 Å². The van der Waals surface area contributed by atoms with Crippen LogP contribution >= 0.6 is 23.2 Å². The quantitative estimate of drug-likeness (QED) is 0.943. The van der Waals surface area contributed by atoms with Gasteiger partial charge >= 0.3 is 0 Å². The van der Waals surface area contributed by atoms with Gasteiger partial charge in [-0.3, -0.25) is 9.78 Å². The number of nitrogens with zero attached hydrogens (tertiary/aromatic N) is 1. The van der Waals surface area contributed by atoms with E-state index >= 15 is 0 Å². The van der Waals surface area contributed by atoms with Gasteiger partial charge in [0.2, 0.25) is 0 Å². The van der Waals surface area contributed by atoms with Gasteiger partial charge in [-0.25, -0.2) is 0 Å². The summed E-state index contributed by atoms with van der Waals surface area (Å²) in [6, 6.07) is 8.40. The second-order valence-electron chi connectivity index (χ2n) is 3.76. The smallest absolute Gasteiger partial charge is 0.250 e. The van der Waals surface area contributed by atoms with Crippen molar-refractivity contribution in [2.75, 3.05) is 0 Å². The van der Waals surface area contributed by atoms with Crippen LogP contribution in [0.15, 0.2) is 36.5 Å². The number of nitrogens with two attached hydrogens (primary N) is 1. The molecule has 2 aromatic rings. The first-order valence-corrected chi connectivity index (χ1v) is 6.14. The average Bonchev–Trinajstić information content (AvgIpc) is 2.37. The van der Waals surface area contributed by atoms with Crippen molar-refractivity contribution < 1.29 is 9.53 Å². The molecule has 1 heterocycles. The summed E-state index contributed by atoms with van der Waals surface area (Å²) in [5.74, 6) is -0.0145. The number of benzene rings is 1. The molecule has 0 unspecified atom stereocenters. The Hall–Kier alpha value is -1.78. The molecule has 4 nitrogen and oxygen atoms in total. The van der Waals surface area contributed by atoms with Crippen molar-refractivity contribution in [1.82, 2.24) is 4.98 Å². The van der Waals surface area contributed by atoms with Crippen LogP contribution in [0.4, 0.5) is 0 Å². The molecule has 0 atom stereocenters. The highest BCUT2D eigenvalue weighted by Crippen LogP contribution is 2.19. The molecule has 0 saturated heterocycles. The number of carbonyl (C=O) groups is 1. The van der Waals surface area contributed by atoms with Gasteiger partial charge in [0.15, 0.2) is 0 Å². The van der Waals surface area contributed by atoms with Crippen LogP contribution in [0.25, 0.3) is 0 Å². The Morgan fingerprint density at radius 2 is 2.05 bits per heavy atom. The Labute approximate surface area is 120 Å². The van der Waals surface area contributed by atoms with E-state index < -0.39 is 5.91 Å². The molecule has 0 saturated carbocycles. The highest BCUT2D eigenvalue weighted by Gasteiger charge is 2.11. The molecule has 1 aromatic heterocycles. The van der Waals surface area contributed by atoms with Crippen LogP contribution in [0.1, 0.15) is 16.1 Å². The number of pyridine rings is 1. The van der Waals surface area contributed by atoms with Crippen LogP contribution in [0.3, 0.4) is 0 Å². The first kappa shape index (κ1) is 13.6. The van der Waals surface area contributed by atoms with Gasteiger partial charge in [0, 0.05) is 11.2 Å². The Morgan fingerprint density at radius 1 is 1.26 bits per heavy atom. The van der Waals surface area contributed by atoms with E-state index in [1.54, 1.807) is 24.3 Å². The van der Waals surface area contributed by atoms with E-state index in [1.807, 2.05) is 0 Å². The average molecular weight is 297 g/mol. The summed E-state index contributed by atoms with van der Waals surface area (Å²) < 4.78 is 5.51. The number of hydrogen-bond acceptors (Lipinski definition) is 3. The summed E-state index contributed by atoms with van der Waals surface area (Å²) in [6.07, 6.45) is 1.44. The third-order valence-electron chi connectivity index (χ3n) is 2.37. The lowest BCUT2D eigenvalue weighted by molar-refractivity contribution is 0.0997. The summed E-state index contributed by atoms with van der Waals surface area (Å²) in [5.41, 5.74) is 5.93. The van der Waals surface area contributed by atoms with E-state index in [4.69, 9.17) is 33.7 Å². The van der Waals surface area contributed by atoms with Gasteiger partial charge in [-0.15, -0.1) is 0 Å². The fourth-order valence-electron chi connectivity index (χ4n) is 1.50. The molecule has 1 amide bonds. The highest BCUT2D eigenvalue weighted by molar-refractivity contribution is 6.31. The van der Waals surface area contributed by atoms with Crippen LogP contribution in [0.2, 0.25) is 10.0 Å². The van der Waals surface area contributed by atoms with Crippen LogP contribution in [0, 0.1) is 0 Å². The monoisotopic (exact) mass is 296 g/mol. The number of rotatable bonds is 4. The Balaban J connectivity index is 2.17. The first-order chi connectivity index (χ1) is 9.06. The zero-order chi connectivity index (χ0) is 13.8. The van der Waals surface area contributed by atoms with Gasteiger partial charge in [-0.05, 0) is 24.3 Å². The highest BCUT2D eigenvalue weighted by atomic mass is 35.5. The van der Waals surface area contributed by atoms with Gasteiger partial charge in [0.25, 0.3) is 5.91 Å². The van der Waals surface area contributed by atoms with Crippen LogP contribution in [-0.4, -0.2) is 10.9 Å². The minimum Gasteiger partial charge on any atom is -0.487 e. The SMILES string of the molecule is NC(=O)c1cc(Cl)cnc1COc1cccc(Cl)c1. The predicted molar refractivity (Wildman–Crippen MR) is 73.5 cm³/mol. The normalized spacial score (nSPS) is 10.2. The fraction of sp³-hybridized carbons (Fsp3) is 0.0769. The molecule has 0 fully saturated rings. The van der Waals surface area contributed by atoms with Gasteiger partial charge in [0.05, 0.1) is 16.3 Å². The number of ether oxygens (including phenoxy) is 1. The van der Waals surface area contributed by atoms with E-state index in [0.29, 0.717) is 21.5 Å². The molecule has 2 rings (SSSR count). The Kier molecular flexibility index (Phi) is 4.24. The zero-order valence-electron chi connectivity index (χ0n) is 9.77. The molecular weight excluding hydrogens is 287 g/mol. The van der Waals surface area contributed by atoms with Crippen molar-refractivity contribution in [3.05, 3.63) is 57.8 Å². The van der Waals surface area contributed by atoms with Crippen molar-refractivity contribution in [2.24, 2.45) is 5.73 Å². The van der Waals surface area contributed by atoms with E-state index in [-0.39, 0.29) is 12.2 Å². The Bertz CT molecular complexity index is 617. The van der Waals surface area contributed by atoms with Gasteiger partial charge < -0.3 is 10.5 Å². The summed E-state index contributed by atoms with van der Waals surface area (Å²) in [4.78, 5) is 15.3. The van der Waals surface area contributed by atoms with Crippen LogP contribution < -0.4 is 10.5 Å². The number of halogens is 2. The topological polar surface area (TPSA) is 65.2 Å². The second-order valence-corrected chi connectivity index (χ2v) is 4.63. The molecule has 0 radical (unpaired) electrons. The second kappa shape index (κ2) is 5.91. The largest absolute Gasteiger partial charge is 0.487 e. The van der Waals surface area contributed by atoms with Crippen molar-refractivity contribution in [1.29, 1.82) is 0 Å². The summed E-state index contributed by atoms with van der Waals surface area (Å²) in [5, 5.41) is 0.914. The maximum absolute atomic E-state index is 11.3. The van der Waals surface area contributed by atoms with Gasteiger partial charge in [-0.1, -0.05) is 29.3 Å². The van der Waals surface area contributed by atoms with Gasteiger partial charge in [0.1, 0.15) is 12.4 Å². The Morgan fingerprint density at radius 3 is 2.74 bits per heavy atom. The van der Waals surface area contributed by atoms with E-state index in [2.05, 4.69) is 4.98 Å². The molecule has 0 aliphatic heterocycles. The number of carbonyl (C=O) groups excluding carboxylic acids is 1. The third-order valence-corrected chi connectivity index (χ3v) is 2.82. The van der Waals surface area contributed by atoms with E-state index in [1.165, 1.54) is 12.3 Å². The van der Waals surface area contributed by atoms with Gasteiger partial charge in [-0.2, -0.15) is 0 Å². The third kappa shape index (κ3) is 3.59. The first-order valence-electron chi connectivity index (χ1n) is 5.39. The minimum atomic E-state index is -0.598. The molecule has 2 N–H and O–H groups in total. The fourth-order valence-corrected chi connectivity index (χ4v) is 1.84. The van der Waals surface area contributed by atoms with Crippen molar-refractivity contribution in [3.63, 3.8) is 0 Å². The van der Waals surface area contributed by atoms with Crippen LogP contribution in [0.5, 0.6) is 5.75 Å². The maximum atomic E-state index is 11.3. The molecule has 0 aliphatic carbocycles. The van der Waals surface area contributed by atoms with Crippen molar-refractivity contribution in [2.45, 2.75) is 6.61 Å². The standard InChI is InChI=1S/C13H10Cl2N2O2/c14-8-2-1-3-10(4-8)19-7-12-11(13(16)18)5-9(15)6-17-12/h1-6H,7H2,(H2,16,18). The lowest BCUT2D eigenvalue weighted by Gasteiger charge is -2.09. The summed E-state index contributed by atoms with van der Waals surface area (Å²) in [6.45, 7) is 0.107. The molecule has 0 aliphatic rings. The summed E-state index contributed by atoms with van der Waals surface area (Å²) in [7, 11) is 0. The number of primary amides is 1. The van der Waals surface area contributed by atoms with Crippen molar-refractivity contribution in [3.8, 4) is 5.75 Å². The molecule has 19 heavy (non-hydrogen) atoms. The minimum absolute atomic E-state index is 0.107. The zero-order valence-corrected chi connectivity index (χ0v) is 11.3. The summed E-state index contributed by atoms with van der Waals surface area (Å²) >= 11 is 11.6. The molecule has 0 spiro atoms. The molecule has 98 valence electrons. The van der Waals surface area contributed by atoms with Crippen molar-refractivity contribution >= 4 is 29.1 Å². The molecular formula is C13H10Cl2N2O2. The molecule has 6 heteroatoms. The van der Waals surface area contributed by atoms with E-state index in [0.717, 1.165) is 0 Å².